The first kappa shape index (κ1) is 18.9. The predicted molar refractivity (Wildman–Crippen MR) is 106 cm³/mol. The van der Waals surface area contributed by atoms with E-state index in [0.717, 1.165) is 11.1 Å². The summed E-state index contributed by atoms with van der Waals surface area (Å²) in [5.41, 5.74) is 2.05. The lowest BCUT2D eigenvalue weighted by atomic mass is 10.1. The average Bonchev–Trinajstić information content (AvgIpc) is 3.18. The lowest BCUT2D eigenvalue weighted by molar-refractivity contribution is -0.0557. The van der Waals surface area contributed by atoms with Gasteiger partial charge in [-0.15, -0.1) is 0 Å². The highest BCUT2D eigenvalue weighted by molar-refractivity contribution is 7.89. The van der Waals surface area contributed by atoms with E-state index in [1.165, 1.54) is 10.5 Å². The number of hydrogen-bond donors (Lipinski definition) is 0. The van der Waals surface area contributed by atoms with Crippen LogP contribution < -0.4 is 0 Å². The molecule has 4 rings (SSSR count). The Kier molecular flexibility index (Phi) is 5.30. The number of rotatable bonds is 5. The fraction of sp³-hybridized carbons (Fsp3) is 0.286. The second kappa shape index (κ2) is 7.87. The SMILES string of the molecule is CC1CN(S(=O)(=O)c2cnn(Cc3ccccc3)c2)CC(c2ccccc2)O1. The molecule has 0 spiro atoms. The molecule has 2 atom stereocenters. The molecule has 7 heteroatoms. The summed E-state index contributed by atoms with van der Waals surface area (Å²) in [5, 5.41) is 4.25. The second-order valence-electron chi connectivity index (χ2n) is 7.03. The number of morpholine rings is 1. The number of nitrogens with zero attached hydrogens (tertiary/aromatic N) is 3. The number of ether oxygens (including phenoxy) is 1. The molecule has 1 aliphatic heterocycles. The van der Waals surface area contributed by atoms with Gasteiger partial charge in [-0.1, -0.05) is 60.7 Å². The minimum absolute atomic E-state index is 0.187. The van der Waals surface area contributed by atoms with Crippen LogP contribution in [0.15, 0.2) is 78.0 Å². The second-order valence-corrected chi connectivity index (χ2v) is 8.97. The number of aromatic nitrogens is 2. The molecule has 2 aromatic carbocycles. The van der Waals surface area contributed by atoms with Crippen LogP contribution in [0.4, 0.5) is 0 Å². The first-order chi connectivity index (χ1) is 13.5. The minimum Gasteiger partial charge on any atom is -0.368 e. The van der Waals surface area contributed by atoms with Gasteiger partial charge in [-0.3, -0.25) is 4.68 Å². The number of benzene rings is 2. The van der Waals surface area contributed by atoms with E-state index in [0.29, 0.717) is 19.6 Å². The van der Waals surface area contributed by atoms with Crippen LogP contribution >= 0.6 is 0 Å². The Balaban J connectivity index is 1.54. The fourth-order valence-electron chi connectivity index (χ4n) is 3.44. The average molecular weight is 398 g/mol. The lowest BCUT2D eigenvalue weighted by Crippen LogP contribution is -2.45. The van der Waals surface area contributed by atoms with Crippen LogP contribution in [0.1, 0.15) is 24.2 Å². The zero-order valence-electron chi connectivity index (χ0n) is 15.7. The van der Waals surface area contributed by atoms with Crippen molar-refractivity contribution < 1.29 is 13.2 Å². The normalized spacial score (nSPS) is 20.9. The molecule has 28 heavy (non-hydrogen) atoms. The molecule has 1 aromatic heterocycles. The van der Waals surface area contributed by atoms with Crippen LogP contribution in [0.25, 0.3) is 0 Å². The molecule has 0 bridgehead atoms. The van der Waals surface area contributed by atoms with E-state index in [1.54, 1.807) is 10.9 Å². The molecular formula is C21H23N3O3S. The Morgan fingerprint density at radius 3 is 2.43 bits per heavy atom. The van der Waals surface area contributed by atoms with E-state index < -0.39 is 10.0 Å². The monoisotopic (exact) mass is 397 g/mol. The van der Waals surface area contributed by atoms with Gasteiger partial charge in [0.15, 0.2) is 0 Å². The van der Waals surface area contributed by atoms with Crippen LogP contribution in [-0.2, 0) is 21.3 Å². The maximum atomic E-state index is 13.2. The van der Waals surface area contributed by atoms with E-state index in [1.807, 2.05) is 67.6 Å². The third kappa shape index (κ3) is 4.01. The van der Waals surface area contributed by atoms with Gasteiger partial charge in [0.1, 0.15) is 4.90 Å². The minimum atomic E-state index is -3.64. The van der Waals surface area contributed by atoms with Gasteiger partial charge in [-0.2, -0.15) is 9.40 Å². The van der Waals surface area contributed by atoms with Crippen molar-refractivity contribution in [3.8, 4) is 0 Å². The standard InChI is InChI=1S/C21H23N3O3S/c1-17-13-24(16-21(27-17)19-10-6-3-7-11-19)28(25,26)20-12-22-23(15-20)14-18-8-4-2-5-9-18/h2-12,15,17,21H,13-14,16H2,1H3. The van der Waals surface area contributed by atoms with Gasteiger partial charge in [-0.25, -0.2) is 8.42 Å². The lowest BCUT2D eigenvalue weighted by Gasteiger charge is -2.36. The van der Waals surface area contributed by atoms with Crippen LogP contribution in [0.2, 0.25) is 0 Å². The van der Waals surface area contributed by atoms with E-state index in [2.05, 4.69) is 5.10 Å². The molecule has 146 valence electrons. The molecule has 0 aliphatic carbocycles. The maximum Gasteiger partial charge on any atom is 0.246 e. The van der Waals surface area contributed by atoms with Crippen molar-refractivity contribution in [2.24, 2.45) is 0 Å². The highest BCUT2D eigenvalue weighted by atomic mass is 32.2. The third-order valence-electron chi connectivity index (χ3n) is 4.83. The van der Waals surface area contributed by atoms with Gasteiger partial charge in [-0.05, 0) is 18.1 Å². The molecule has 0 amide bonds. The largest absolute Gasteiger partial charge is 0.368 e. The Labute approximate surface area is 165 Å². The Morgan fingerprint density at radius 2 is 1.71 bits per heavy atom. The van der Waals surface area contributed by atoms with Gasteiger partial charge in [0.05, 0.1) is 24.9 Å². The zero-order chi connectivity index (χ0) is 19.6. The quantitative estimate of drug-likeness (QED) is 0.664. The molecule has 0 N–H and O–H groups in total. The molecule has 1 aliphatic rings. The smallest absolute Gasteiger partial charge is 0.246 e. The van der Waals surface area contributed by atoms with Crippen molar-refractivity contribution in [2.45, 2.75) is 30.6 Å². The zero-order valence-corrected chi connectivity index (χ0v) is 16.5. The van der Waals surface area contributed by atoms with Gasteiger partial charge in [0.25, 0.3) is 0 Å². The maximum absolute atomic E-state index is 13.2. The summed E-state index contributed by atoms with van der Waals surface area (Å²) >= 11 is 0. The van der Waals surface area contributed by atoms with Crippen molar-refractivity contribution in [3.05, 3.63) is 84.2 Å². The number of hydrogen-bond acceptors (Lipinski definition) is 4. The summed E-state index contributed by atoms with van der Waals surface area (Å²) in [5.74, 6) is 0. The highest BCUT2D eigenvalue weighted by Crippen LogP contribution is 2.28. The summed E-state index contributed by atoms with van der Waals surface area (Å²) in [4.78, 5) is 0.212. The van der Waals surface area contributed by atoms with E-state index >= 15 is 0 Å². The molecule has 2 heterocycles. The van der Waals surface area contributed by atoms with Crippen molar-refractivity contribution in [3.63, 3.8) is 0 Å². The van der Waals surface area contributed by atoms with Gasteiger partial charge >= 0.3 is 0 Å². The first-order valence-corrected chi connectivity index (χ1v) is 10.7. The topological polar surface area (TPSA) is 64.4 Å². The van der Waals surface area contributed by atoms with Crippen LogP contribution in [-0.4, -0.2) is 41.7 Å². The van der Waals surface area contributed by atoms with E-state index in [9.17, 15) is 8.42 Å². The van der Waals surface area contributed by atoms with Crippen molar-refractivity contribution in [1.82, 2.24) is 14.1 Å². The summed E-state index contributed by atoms with van der Waals surface area (Å²) < 4.78 is 35.5. The molecule has 1 fully saturated rings. The highest BCUT2D eigenvalue weighted by Gasteiger charge is 2.35. The molecular weight excluding hydrogens is 374 g/mol. The molecule has 2 unspecified atom stereocenters. The van der Waals surface area contributed by atoms with Gasteiger partial charge in [0.2, 0.25) is 10.0 Å². The molecule has 3 aromatic rings. The van der Waals surface area contributed by atoms with E-state index in [-0.39, 0.29) is 17.1 Å². The molecule has 1 saturated heterocycles. The fourth-order valence-corrected chi connectivity index (χ4v) is 4.92. The van der Waals surface area contributed by atoms with Crippen molar-refractivity contribution in [1.29, 1.82) is 0 Å². The Morgan fingerprint density at radius 1 is 1.04 bits per heavy atom. The van der Waals surface area contributed by atoms with Crippen molar-refractivity contribution >= 4 is 10.0 Å². The van der Waals surface area contributed by atoms with Crippen LogP contribution in [0.3, 0.4) is 0 Å². The summed E-state index contributed by atoms with van der Waals surface area (Å²) in [6.07, 6.45) is 2.56. The van der Waals surface area contributed by atoms with Gasteiger partial charge < -0.3 is 4.74 Å². The summed E-state index contributed by atoms with van der Waals surface area (Å²) in [6.45, 7) is 3.05. The van der Waals surface area contributed by atoms with Crippen LogP contribution in [0.5, 0.6) is 0 Å². The summed E-state index contributed by atoms with van der Waals surface area (Å²) in [6, 6.07) is 19.6. The van der Waals surface area contributed by atoms with Gasteiger partial charge in [0, 0.05) is 19.3 Å². The summed E-state index contributed by atoms with van der Waals surface area (Å²) in [7, 11) is -3.64. The third-order valence-corrected chi connectivity index (χ3v) is 6.62. The van der Waals surface area contributed by atoms with Crippen LogP contribution in [0, 0.1) is 0 Å². The molecule has 6 nitrogen and oxygen atoms in total. The van der Waals surface area contributed by atoms with E-state index in [4.69, 9.17) is 4.74 Å². The molecule has 0 radical (unpaired) electrons. The van der Waals surface area contributed by atoms with Crippen molar-refractivity contribution in [2.75, 3.05) is 13.1 Å². The number of sulfonamides is 1. The predicted octanol–water partition coefficient (Wildman–Crippen LogP) is 3.08. The Bertz CT molecular complexity index is 1020. The first-order valence-electron chi connectivity index (χ1n) is 9.29. The Hall–Kier alpha value is -2.48. The molecule has 0 saturated carbocycles.